The van der Waals surface area contributed by atoms with Gasteiger partial charge in [-0.1, -0.05) is 46.3 Å². The average molecular weight is 683 g/mol. The number of hydrogen-bond acceptors (Lipinski definition) is 12. The van der Waals surface area contributed by atoms with E-state index in [1.54, 1.807) is 13.8 Å². The second kappa shape index (κ2) is 11.7. The minimum absolute atomic E-state index is 0.0558. The largest absolute Gasteiger partial charge is 0.432 e. The van der Waals surface area contributed by atoms with Crippen molar-refractivity contribution in [1.29, 1.82) is 0 Å². The lowest BCUT2D eigenvalue weighted by molar-refractivity contribution is -0.300. The summed E-state index contributed by atoms with van der Waals surface area (Å²) in [5.41, 5.74) is -4.54. The number of esters is 1. The molecule has 274 valence electrons. The second-order valence-corrected chi connectivity index (χ2v) is 17.7. The zero-order valence-electron chi connectivity index (χ0n) is 29.1. The Kier molecular flexibility index (Phi) is 8.89. The van der Waals surface area contributed by atoms with Gasteiger partial charge in [0, 0.05) is 17.3 Å². The zero-order chi connectivity index (χ0) is 35.6. The first-order valence-corrected chi connectivity index (χ1v) is 17.8. The number of ether oxygens (including phenoxy) is 2. The van der Waals surface area contributed by atoms with E-state index in [-0.39, 0.29) is 24.9 Å². The van der Waals surface area contributed by atoms with Crippen LogP contribution in [-0.4, -0.2) is 120 Å². The van der Waals surface area contributed by atoms with Crippen LogP contribution in [0.4, 0.5) is 0 Å². The Hall–Kier alpha value is -1.19. The molecule has 0 unspecified atom stereocenters. The monoisotopic (exact) mass is 682 g/mol. The molecule has 0 radical (unpaired) electrons. The van der Waals surface area contributed by atoms with Crippen LogP contribution in [0.5, 0.6) is 0 Å². The van der Waals surface area contributed by atoms with E-state index in [1.807, 2.05) is 6.92 Å². The van der Waals surface area contributed by atoms with Crippen LogP contribution in [0.2, 0.25) is 0 Å². The topological polar surface area (TPSA) is 218 Å². The maximum Gasteiger partial charge on any atom is 0.315 e. The van der Waals surface area contributed by atoms with E-state index in [9.17, 15) is 50.8 Å². The van der Waals surface area contributed by atoms with Crippen LogP contribution >= 0.6 is 0 Å². The normalized spacial score (nSPS) is 58.1. The number of allylic oxidation sites excluding steroid dienone is 1. The quantitative estimate of drug-likeness (QED) is 0.145. The summed E-state index contributed by atoms with van der Waals surface area (Å²) in [5.74, 6) is -2.08. The molecule has 9 N–H and O–H groups in total. The molecule has 6 rings (SSSR count). The minimum Gasteiger partial charge on any atom is -0.432 e. The van der Waals surface area contributed by atoms with Gasteiger partial charge in [0.1, 0.15) is 24.4 Å². The van der Waals surface area contributed by atoms with Gasteiger partial charge in [0.25, 0.3) is 0 Å². The van der Waals surface area contributed by atoms with Gasteiger partial charge in [0.15, 0.2) is 0 Å². The number of hydrogen-bond donors (Lipinski definition) is 9. The van der Waals surface area contributed by atoms with Crippen molar-refractivity contribution in [2.24, 2.45) is 50.7 Å². The fourth-order valence-corrected chi connectivity index (χ4v) is 12.5. The van der Waals surface area contributed by atoms with Crippen LogP contribution in [0, 0.1) is 50.7 Å². The summed E-state index contributed by atoms with van der Waals surface area (Å²) in [5, 5.41) is 98.2. The Morgan fingerprint density at radius 2 is 1.58 bits per heavy atom. The predicted octanol–water partition coefficient (Wildman–Crippen LogP) is 0.377. The fraction of sp³-hybridized carbons (Fsp3) is 0.917. The van der Waals surface area contributed by atoms with Gasteiger partial charge in [0.2, 0.25) is 6.29 Å². The van der Waals surface area contributed by atoms with Crippen LogP contribution < -0.4 is 0 Å². The van der Waals surface area contributed by atoms with Gasteiger partial charge in [-0.15, -0.1) is 0 Å². The first kappa shape index (κ1) is 36.6. The van der Waals surface area contributed by atoms with Crippen LogP contribution in [0.3, 0.4) is 0 Å². The maximum absolute atomic E-state index is 14.5. The molecule has 0 bridgehead atoms. The summed E-state index contributed by atoms with van der Waals surface area (Å²) >= 11 is 0. The molecule has 0 aromatic rings. The molecule has 12 heteroatoms. The Morgan fingerprint density at radius 1 is 0.917 bits per heavy atom. The number of carbonyl (C=O) groups is 1. The van der Waals surface area contributed by atoms with Gasteiger partial charge in [-0.3, -0.25) is 4.79 Å². The summed E-state index contributed by atoms with van der Waals surface area (Å²) in [6, 6.07) is 0. The molecule has 0 aromatic heterocycles. The molecule has 1 saturated heterocycles. The molecule has 5 fully saturated rings. The molecular weight excluding hydrogens is 624 g/mol. The van der Waals surface area contributed by atoms with Crippen molar-refractivity contribution in [3.05, 3.63) is 11.6 Å². The lowest BCUT2D eigenvalue weighted by atomic mass is 9.32. The van der Waals surface area contributed by atoms with Crippen molar-refractivity contribution >= 4 is 5.97 Å². The summed E-state index contributed by atoms with van der Waals surface area (Å²) in [6.07, 6.45) is -5.98. The summed E-state index contributed by atoms with van der Waals surface area (Å²) < 4.78 is 11.4. The Morgan fingerprint density at radius 3 is 2.21 bits per heavy atom. The van der Waals surface area contributed by atoms with Crippen molar-refractivity contribution in [3.8, 4) is 0 Å². The SMILES string of the molecule is C[C@@H]1CC[C@]2(C(=O)O[C@@H]3O[C@H](CO)[C@@H](O)[C@H](O)[C@H]3O)CC[C@]3(C)C(=CC[C@@H]4[C@@]5(C)C[C@@H](O)[C@H](O)[C@@](C)(CO)[C@@H]5[C@H](O)C[C@]43C)[C@@H]2[C@]1(C)O. The molecular formula is C36H58O12. The molecule has 1 heterocycles. The smallest absolute Gasteiger partial charge is 0.315 e. The summed E-state index contributed by atoms with van der Waals surface area (Å²) in [7, 11) is 0. The number of rotatable bonds is 4. The van der Waals surface area contributed by atoms with Gasteiger partial charge in [-0.05, 0) is 80.0 Å². The molecule has 48 heavy (non-hydrogen) atoms. The summed E-state index contributed by atoms with van der Waals surface area (Å²) in [4.78, 5) is 14.5. The predicted molar refractivity (Wildman–Crippen MR) is 170 cm³/mol. The number of carbonyl (C=O) groups excluding carboxylic acids is 1. The average Bonchev–Trinajstić information content (AvgIpc) is 3.02. The fourth-order valence-electron chi connectivity index (χ4n) is 12.5. The highest BCUT2D eigenvalue weighted by Gasteiger charge is 2.74. The molecule has 1 aliphatic heterocycles. The van der Waals surface area contributed by atoms with E-state index in [0.717, 1.165) is 5.57 Å². The first-order valence-electron chi connectivity index (χ1n) is 17.8. The third-order valence-corrected chi connectivity index (χ3v) is 15.5. The number of fused-ring (bicyclic) bond motifs is 7. The van der Waals surface area contributed by atoms with E-state index in [2.05, 4.69) is 26.8 Å². The van der Waals surface area contributed by atoms with Crippen LogP contribution in [0.25, 0.3) is 0 Å². The number of aliphatic hydroxyl groups excluding tert-OH is 8. The Balaban J connectivity index is 1.42. The van der Waals surface area contributed by atoms with Gasteiger partial charge in [-0.2, -0.15) is 0 Å². The highest BCUT2D eigenvalue weighted by atomic mass is 16.7. The van der Waals surface area contributed by atoms with Crippen LogP contribution in [0.1, 0.15) is 86.5 Å². The molecule has 18 atom stereocenters. The van der Waals surface area contributed by atoms with E-state index >= 15 is 0 Å². The van der Waals surface area contributed by atoms with Crippen molar-refractivity contribution in [2.75, 3.05) is 13.2 Å². The number of aliphatic hydroxyl groups is 9. The van der Waals surface area contributed by atoms with E-state index in [0.29, 0.717) is 38.5 Å². The van der Waals surface area contributed by atoms with Gasteiger partial charge < -0.3 is 55.4 Å². The Labute approximate surface area is 282 Å². The molecule has 4 saturated carbocycles. The third kappa shape index (κ3) is 4.60. The molecule has 0 amide bonds. The summed E-state index contributed by atoms with van der Waals surface area (Å²) in [6.45, 7) is 10.8. The molecule has 0 aromatic carbocycles. The van der Waals surface area contributed by atoms with E-state index < -0.39 is 106 Å². The van der Waals surface area contributed by atoms with Gasteiger partial charge in [-0.25, -0.2) is 0 Å². The van der Waals surface area contributed by atoms with Gasteiger partial charge >= 0.3 is 5.97 Å². The van der Waals surface area contributed by atoms with Crippen molar-refractivity contribution < 1.29 is 60.2 Å². The van der Waals surface area contributed by atoms with Crippen LogP contribution in [-0.2, 0) is 14.3 Å². The molecule has 6 aliphatic rings. The highest BCUT2D eigenvalue weighted by molar-refractivity contribution is 5.79. The third-order valence-electron chi connectivity index (χ3n) is 15.5. The zero-order valence-corrected chi connectivity index (χ0v) is 29.1. The molecule has 5 aliphatic carbocycles. The van der Waals surface area contributed by atoms with Crippen molar-refractivity contribution in [2.45, 2.75) is 141 Å². The Bertz CT molecular complexity index is 1300. The highest BCUT2D eigenvalue weighted by Crippen LogP contribution is 2.76. The maximum atomic E-state index is 14.5. The van der Waals surface area contributed by atoms with Gasteiger partial charge in [0.05, 0.1) is 42.5 Å². The minimum atomic E-state index is -1.75. The molecule has 12 nitrogen and oxygen atoms in total. The lowest BCUT2D eigenvalue weighted by Gasteiger charge is -2.73. The van der Waals surface area contributed by atoms with Crippen LogP contribution in [0.15, 0.2) is 11.6 Å². The standard InChI is InChI=1S/C36H58O12/c1-17-9-10-36(30(45)48-29-25(43)24(42)23(41)21(15-37)47-29)12-11-33(4)18(26(36)35(17,6)46)7-8-22-31(2)13-20(40)28(44)32(3,16-38)27(31)19(39)14-34(22,33)5/h7,17,19-29,37-44,46H,8-16H2,1-6H3/t17-,19-,20-,21-,22-,23-,24+,25-,26-,27-,28+,29+,31-,32+,33-,34-,35-,36+/m1/s1. The second-order valence-electron chi connectivity index (χ2n) is 17.7. The lowest BCUT2D eigenvalue weighted by Crippen LogP contribution is -2.72. The van der Waals surface area contributed by atoms with Crippen molar-refractivity contribution in [3.63, 3.8) is 0 Å². The van der Waals surface area contributed by atoms with Crippen molar-refractivity contribution in [1.82, 2.24) is 0 Å². The van der Waals surface area contributed by atoms with E-state index in [1.165, 1.54) is 0 Å². The van der Waals surface area contributed by atoms with E-state index in [4.69, 9.17) is 9.47 Å². The first-order chi connectivity index (χ1) is 22.2. The molecule has 0 spiro atoms.